The summed E-state index contributed by atoms with van der Waals surface area (Å²) < 4.78 is 51.6. The molecule has 0 spiro atoms. The van der Waals surface area contributed by atoms with Crippen LogP contribution in [-0.4, -0.2) is 29.1 Å². The van der Waals surface area contributed by atoms with Crippen molar-refractivity contribution in [3.05, 3.63) is 48.0 Å². The number of benzene rings is 1. The van der Waals surface area contributed by atoms with Crippen LogP contribution in [0.4, 0.5) is 24.5 Å². The number of imide groups is 1. The molecule has 5 atom stereocenters. The van der Waals surface area contributed by atoms with Crippen LogP contribution in [0.3, 0.4) is 0 Å². The molecule has 3 fully saturated rings. The summed E-state index contributed by atoms with van der Waals surface area (Å²) >= 11 is 0. The van der Waals surface area contributed by atoms with Crippen LogP contribution < -0.4 is 4.90 Å². The van der Waals surface area contributed by atoms with Crippen molar-refractivity contribution in [2.45, 2.75) is 43.8 Å². The average Bonchev–Trinajstić information content (AvgIpc) is 3.15. The number of fused-ring (bicyclic) bond motifs is 5. The fraction of sp³-hybridized carbons (Fsp3) is 0.450. The molecule has 1 aromatic carbocycles. The fourth-order valence-corrected chi connectivity index (χ4v) is 5.04. The molecule has 3 aliphatic rings. The first kappa shape index (κ1) is 19.5. The zero-order valence-electron chi connectivity index (χ0n) is 15.6. The highest BCUT2D eigenvalue weighted by Crippen LogP contribution is 2.61. The van der Waals surface area contributed by atoms with Gasteiger partial charge in [0.15, 0.2) is 5.69 Å². The topological polar surface area (TPSA) is 60.2 Å². The van der Waals surface area contributed by atoms with Crippen molar-refractivity contribution in [2.24, 2.45) is 11.8 Å². The van der Waals surface area contributed by atoms with Crippen molar-refractivity contribution in [3.8, 4) is 0 Å². The van der Waals surface area contributed by atoms with E-state index in [1.165, 1.54) is 12.3 Å². The van der Waals surface area contributed by atoms with E-state index in [4.69, 9.17) is 16.0 Å². The van der Waals surface area contributed by atoms with E-state index in [2.05, 4.69) is 11.4 Å². The molecule has 152 valence electrons. The third kappa shape index (κ3) is 2.45. The van der Waals surface area contributed by atoms with E-state index in [0.29, 0.717) is 12.5 Å². The standard InChI is InChI=1S/C20H17F3N2O4/c1-5-28-13-9-18(2)14-15(19(13,3)29-18)17(27)25(16(14)26)10-6-7-12(24-4)11(8-10)20(21,22)23/h5-8,13-15H,1,9H2,2-3H3/t13-,14+,15-,18?,19?/m0/s1. The largest absolute Gasteiger partial charge is 0.496 e. The number of carbonyl (C=O) groups excluding carboxylic acids is 2. The monoisotopic (exact) mass is 406 g/mol. The van der Waals surface area contributed by atoms with Gasteiger partial charge in [0.05, 0.1) is 35.8 Å². The maximum atomic E-state index is 13.3. The normalized spacial score (nSPS) is 35.6. The molecule has 2 bridgehead atoms. The van der Waals surface area contributed by atoms with Crippen LogP contribution in [0.5, 0.6) is 0 Å². The Morgan fingerprint density at radius 3 is 2.55 bits per heavy atom. The lowest BCUT2D eigenvalue weighted by atomic mass is 9.67. The Morgan fingerprint density at radius 1 is 1.31 bits per heavy atom. The highest BCUT2D eigenvalue weighted by molar-refractivity contribution is 6.23. The molecule has 0 radical (unpaired) electrons. The van der Waals surface area contributed by atoms with Gasteiger partial charge >= 0.3 is 6.18 Å². The van der Waals surface area contributed by atoms with Gasteiger partial charge in [0.1, 0.15) is 11.7 Å². The van der Waals surface area contributed by atoms with Gasteiger partial charge in [-0.25, -0.2) is 9.74 Å². The van der Waals surface area contributed by atoms with Gasteiger partial charge in [-0.3, -0.25) is 9.59 Å². The second-order valence-corrected chi connectivity index (χ2v) is 7.87. The van der Waals surface area contributed by atoms with Gasteiger partial charge in [-0.1, -0.05) is 12.6 Å². The highest BCUT2D eigenvalue weighted by atomic mass is 19.4. The summed E-state index contributed by atoms with van der Waals surface area (Å²) in [4.78, 5) is 30.0. The van der Waals surface area contributed by atoms with Gasteiger partial charge < -0.3 is 9.47 Å². The van der Waals surface area contributed by atoms with Gasteiger partial charge in [-0.05, 0) is 26.0 Å². The minimum atomic E-state index is -4.79. The SMILES string of the molecule is [C-]#[N+]c1ccc(N2C(=O)[C@@H]3[C@H](C2=O)C2(C)C[C@H](OC=C)C3(C)O2)cc1C(F)(F)F. The average molecular weight is 406 g/mol. The summed E-state index contributed by atoms with van der Waals surface area (Å²) in [7, 11) is 0. The molecule has 0 aliphatic carbocycles. The number of hydrogen-bond acceptors (Lipinski definition) is 4. The summed E-state index contributed by atoms with van der Waals surface area (Å²) in [6.45, 7) is 13.8. The van der Waals surface area contributed by atoms with E-state index in [9.17, 15) is 22.8 Å². The Balaban J connectivity index is 1.78. The van der Waals surface area contributed by atoms with Crippen LogP contribution in [-0.2, 0) is 25.2 Å². The molecule has 9 heteroatoms. The maximum absolute atomic E-state index is 13.3. The van der Waals surface area contributed by atoms with Crippen LogP contribution in [0, 0.1) is 18.4 Å². The smallest absolute Gasteiger partial charge is 0.407 e. The molecule has 0 saturated carbocycles. The molecule has 2 unspecified atom stereocenters. The maximum Gasteiger partial charge on any atom is 0.407 e. The first-order valence-corrected chi connectivity index (χ1v) is 8.91. The number of carbonyl (C=O) groups is 2. The van der Waals surface area contributed by atoms with E-state index >= 15 is 0 Å². The van der Waals surface area contributed by atoms with Crippen LogP contribution in [0.1, 0.15) is 25.8 Å². The van der Waals surface area contributed by atoms with Gasteiger partial charge in [-0.15, -0.1) is 0 Å². The molecule has 0 N–H and O–H groups in total. The lowest BCUT2D eigenvalue weighted by molar-refractivity contribution is -0.137. The molecule has 6 nitrogen and oxygen atoms in total. The van der Waals surface area contributed by atoms with Crippen molar-refractivity contribution in [1.29, 1.82) is 0 Å². The lowest BCUT2D eigenvalue weighted by Gasteiger charge is -2.34. The predicted molar refractivity (Wildman–Crippen MR) is 94.8 cm³/mol. The van der Waals surface area contributed by atoms with Gasteiger partial charge in [0.2, 0.25) is 11.8 Å². The van der Waals surface area contributed by atoms with Gasteiger partial charge in [0, 0.05) is 12.1 Å². The number of hydrogen-bond donors (Lipinski definition) is 0. The number of nitrogens with zero attached hydrogens (tertiary/aromatic N) is 2. The predicted octanol–water partition coefficient (Wildman–Crippen LogP) is 3.84. The Hall–Kier alpha value is -2.86. The number of alkyl halides is 3. The summed E-state index contributed by atoms with van der Waals surface area (Å²) in [6.07, 6.45) is -3.69. The van der Waals surface area contributed by atoms with E-state index in [1.807, 2.05) is 0 Å². The van der Waals surface area contributed by atoms with Gasteiger partial charge in [0.25, 0.3) is 0 Å². The highest BCUT2D eigenvalue weighted by Gasteiger charge is 2.76. The van der Waals surface area contributed by atoms with Crippen molar-refractivity contribution in [2.75, 3.05) is 4.90 Å². The van der Waals surface area contributed by atoms with Crippen molar-refractivity contribution in [3.63, 3.8) is 0 Å². The first-order valence-electron chi connectivity index (χ1n) is 8.91. The molecular formula is C20H17F3N2O4. The Bertz CT molecular complexity index is 985. The van der Waals surface area contributed by atoms with E-state index in [1.54, 1.807) is 13.8 Å². The molecule has 4 rings (SSSR count). The minimum absolute atomic E-state index is 0.207. The summed E-state index contributed by atoms with van der Waals surface area (Å²) in [5.74, 6) is -2.94. The van der Waals surface area contributed by atoms with E-state index in [-0.39, 0.29) is 5.69 Å². The summed E-state index contributed by atoms with van der Waals surface area (Å²) in [5, 5.41) is 0. The summed E-state index contributed by atoms with van der Waals surface area (Å²) in [5.41, 5.74) is -4.06. The Labute approximate surface area is 164 Å². The van der Waals surface area contributed by atoms with Crippen molar-refractivity contribution >= 4 is 23.2 Å². The van der Waals surface area contributed by atoms with Crippen LogP contribution in [0.2, 0.25) is 0 Å². The molecule has 1 aromatic rings. The molecule has 2 amide bonds. The molecule has 3 saturated heterocycles. The summed E-state index contributed by atoms with van der Waals surface area (Å²) in [6, 6.07) is 2.83. The fourth-order valence-electron chi connectivity index (χ4n) is 5.04. The second kappa shape index (κ2) is 5.83. The Morgan fingerprint density at radius 2 is 1.97 bits per heavy atom. The van der Waals surface area contributed by atoms with Gasteiger partial charge in [-0.2, -0.15) is 13.2 Å². The number of anilines is 1. The molecule has 0 aromatic heterocycles. The zero-order valence-corrected chi connectivity index (χ0v) is 15.6. The minimum Gasteiger partial charge on any atom is -0.496 e. The van der Waals surface area contributed by atoms with E-state index < -0.39 is 58.4 Å². The third-order valence-corrected chi connectivity index (χ3v) is 6.19. The second-order valence-electron chi connectivity index (χ2n) is 7.87. The molecule has 29 heavy (non-hydrogen) atoms. The van der Waals surface area contributed by atoms with Crippen molar-refractivity contribution in [1.82, 2.24) is 0 Å². The lowest BCUT2D eigenvalue weighted by Crippen LogP contribution is -2.49. The number of amides is 2. The van der Waals surface area contributed by atoms with E-state index in [0.717, 1.165) is 11.0 Å². The quantitative estimate of drug-likeness (QED) is 0.435. The molecule has 3 aliphatic heterocycles. The Kier molecular flexibility index (Phi) is 3.91. The first-order chi connectivity index (χ1) is 13.5. The number of ether oxygens (including phenoxy) is 2. The molecule has 3 heterocycles. The third-order valence-electron chi connectivity index (χ3n) is 6.19. The zero-order chi connectivity index (χ0) is 21.4. The molecular weight excluding hydrogens is 389 g/mol. The van der Waals surface area contributed by atoms with Crippen LogP contribution >= 0.6 is 0 Å². The van der Waals surface area contributed by atoms with Crippen LogP contribution in [0.15, 0.2) is 31.0 Å². The van der Waals surface area contributed by atoms with Crippen LogP contribution in [0.25, 0.3) is 4.85 Å². The number of halogens is 3. The van der Waals surface area contributed by atoms with Crippen molar-refractivity contribution < 1.29 is 32.2 Å². The number of rotatable bonds is 3.